The van der Waals surface area contributed by atoms with Gasteiger partial charge in [0.25, 0.3) is 0 Å². The highest BCUT2D eigenvalue weighted by Crippen LogP contribution is 2.26. The predicted molar refractivity (Wildman–Crippen MR) is 63.4 cm³/mol. The molecule has 0 aliphatic heterocycles. The van der Waals surface area contributed by atoms with Crippen molar-refractivity contribution in [2.45, 2.75) is 6.10 Å². The molecule has 0 fully saturated rings. The van der Waals surface area contributed by atoms with Gasteiger partial charge in [0, 0.05) is 6.20 Å². The van der Waals surface area contributed by atoms with Crippen LogP contribution < -0.4 is 9.47 Å². The lowest BCUT2D eigenvalue weighted by atomic mass is 10.1. The summed E-state index contributed by atoms with van der Waals surface area (Å²) < 4.78 is 10.0. The number of ether oxygens (including phenoxy) is 2. The van der Waals surface area contributed by atoms with Gasteiger partial charge in [-0.15, -0.1) is 0 Å². The van der Waals surface area contributed by atoms with Gasteiger partial charge in [0.05, 0.1) is 26.1 Å². The molecule has 0 aliphatic rings. The molecular formula is C12H13N3O3. The summed E-state index contributed by atoms with van der Waals surface area (Å²) in [5.41, 5.74) is 0.785. The Kier molecular flexibility index (Phi) is 3.69. The van der Waals surface area contributed by atoms with Crippen LogP contribution in [-0.2, 0) is 0 Å². The predicted octanol–water partition coefficient (Wildman–Crippen LogP) is 0.970. The summed E-state index contributed by atoms with van der Waals surface area (Å²) in [4.78, 5) is 12.2. The van der Waals surface area contributed by atoms with Gasteiger partial charge < -0.3 is 14.6 Å². The van der Waals surface area contributed by atoms with E-state index in [0.717, 1.165) is 0 Å². The summed E-state index contributed by atoms with van der Waals surface area (Å²) in [5.74, 6) is 0.538. The van der Waals surface area contributed by atoms with E-state index in [1.807, 2.05) is 0 Å². The van der Waals surface area contributed by atoms with E-state index < -0.39 is 6.10 Å². The molecule has 94 valence electrons. The third-order valence-electron chi connectivity index (χ3n) is 2.37. The number of methoxy groups -OCH3 is 2. The van der Waals surface area contributed by atoms with Crippen molar-refractivity contribution < 1.29 is 14.6 Å². The molecule has 0 saturated heterocycles. The molecule has 0 aliphatic carbocycles. The van der Waals surface area contributed by atoms with Crippen LogP contribution in [0.2, 0.25) is 0 Å². The van der Waals surface area contributed by atoms with Gasteiger partial charge in [0.15, 0.2) is 0 Å². The van der Waals surface area contributed by atoms with Gasteiger partial charge in [-0.1, -0.05) is 6.07 Å². The van der Waals surface area contributed by atoms with Crippen molar-refractivity contribution in [3.8, 4) is 11.8 Å². The molecule has 2 heterocycles. The molecule has 2 aromatic rings. The van der Waals surface area contributed by atoms with Crippen LogP contribution in [0.4, 0.5) is 0 Å². The van der Waals surface area contributed by atoms with E-state index in [4.69, 9.17) is 9.47 Å². The first-order valence-electron chi connectivity index (χ1n) is 5.30. The summed E-state index contributed by atoms with van der Waals surface area (Å²) >= 11 is 0. The number of aliphatic hydroxyl groups is 1. The zero-order valence-corrected chi connectivity index (χ0v) is 10.1. The topological polar surface area (TPSA) is 77.4 Å². The van der Waals surface area contributed by atoms with Crippen LogP contribution >= 0.6 is 0 Å². The molecule has 2 rings (SSSR count). The Morgan fingerprint density at radius 1 is 1.17 bits per heavy atom. The van der Waals surface area contributed by atoms with Crippen LogP contribution in [0.3, 0.4) is 0 Å². The Balaban J connectivity index is 2.38. The van der Waals surface area contributed by atoms with Crippen LogP contribution in [0.1, 0.15) is 17.5 Å². The molecule has 1 unspecified atom stereocenters. The second-order valence-corrected chi connectivity index (χ2v) is 3.46. The first-order valence-corrected chi connectivity index (χ1v) is 5.30. The fourth-order valence-corrected chi connectivity index (χ4v) is 1.48. The van der Waals surface area contributed by atoms with Crippen molar-refractivity contribution in [1.82, 2.24) is 15.0 Å². The van der Waals surface area contributed by atoms with Crippen LogP contribution in [0.25, 0.3) is 0 Å². The summed E-state index contributed by atoms with van der Waals surface area (Å²) in [7, 11) is 2.94. The molecule has 2 aromatic heterocycles. The van der Waals surface area contributed by atoms with Crippen molar-refractivity contribution in [2.75, 3.05) is 14.2 Å². The fraction of sp³-hybridized carbons (Fsp3) is 0.250. The monoisotopic (exact) mass is 247 g/mol. The van der Waals surface area contributed by atoms with Crippen LogP contribution in [0.15, 0.2) is 30.6 Å². The first kappa shape index (κ1) is 12.3. The largest absolute Gasteiger partial charge is 0.480 e. The molecular weight excluding hydrogens is 234 g/mol. The maximum absolute atomic E-state index is 10.2. The number of pyridine rings is 1. The van der Waals surface area contributed by atoms with Crippen molar-refractivity contribution >= 4 is 0 Å². The molecule has 6 nitrogen and oxygen atoms in total. The van der Waals surface area contributed by atoms with E-state index in [0.29, 0.717) is 17.3 Å². The number of nitrogens with zero attached hydrogens (tertiary/aromatic N) is 3. The summed E-state index contributed by atoms with van der Waals surface area (Å²) in [6.45, 7) is 0. The average molecular weight is 247 g/mol. The second-order valence-electron chi connectivity index (χ2n) is 3.46. The normalized spacial score (nSPS) is 11.9. The zero-order valence-electron chi connectivity index (χ0n) is 10.1. The van der Waals surface area contributed by atoms with E-state index >= 15 is 0 Å². The highest BCUT2D eigenvalue weighted by atomic mass is 16.5. The third-order valence-corrected chi connectivity index (χ3v) is 2.37. The van der Waals surface area contributed by atoms with E-state index in [9.17, 15) is 5.11 Å². The van der Waals surface area contributed by atoms with Crippen molar-refractivity contribution in [2.24, 2.45) is 0 Å². The summed E-state index contributed by atoms with van der Waals surface area (Å²) in [6, 6.07) is 5.26. The molecule has 1 N–H and O–H groups in total. The van der Waals surface area contributed by atoms with Gasteiger partial charge in [-0.2, -0.15) is 4.98 Å². The molecule has 0 bridgehead atoms. The average Bonchev–Trinajstić information content (AvgIpc) is 2.46. The minimum Gasteiger partial charge on any atom is -0.480 e. The van der Waals surface area contributed by atoms with E-state index in [1.165, 1.54) is 20.4 Å². The van der Waals surface area contributed by atoms with Gasteiger partial charge in [-0.05, 0) is 12.1 Å². The quantitative estimate of drug-likeness (QED) is 0.867. The lowest BCUT2D eigenvalue weighted by Gasteiger charge is -2.12. The molecule has 0 saturated carbocycles. The van der Waals surface area contributed by atoms with Crippen LogP contribution in [-0.4, -0.2) is 34.3 Å². The first-order chi connectivity index (χ1) is 8.76. The van der Waals surface area contributed by atoms with E-state index in [2.05, 4.69) is 15.0 Å². The van der Waals surface area contributed by atoms with Gasteiger partial charge in [0.1, 0.15) is 11.8 Å². The molecule has 18 heavy (non-hydrogen) atoms. The Morgan fingerprint density at radius 2 is 2.00 bits per heavy atom. The number of aromatic nitrogens is 3. The fourth-order valence-electron chi connectivity index (χ4n) is 1.48. The molecule has 6 heteroatoms. The van der Waals surface area contributed by atoms with Gasteiger partial charge in [-0.3, -0.25) is 4.98 Å². The number of hydrogen-bond acceptors (Lipinski definition) is 6. The van der Waals surface area contributed by atoms with Crippen molar-refractivity contribution in [1.29, 1.82) is 0 Å². The van der Waals surface area contributed by atoms with E-state index in [1.54, 1.807) is 24.4 Å². The molecule has 0 amide bonds. The summed E-state index contributed by atoms with van der Waals surface area (Å²) in [5, 5.41) is 10.2. The van der Waals surface area contributed by atoms with Crippen molar-refractivity contribution in [3.63, 3.8) is 0 Å². The minimum absolute atomic E-state index is 0.215. The number of aliphatic hydroxyl groups excluding tert-OH is 1. The smallest absolute Gasteiger partial charge is 0.241 e. The van der Waals surface area contributed by atoms with Crippen molar-refractivity contribution in [3.05, 3.63) is 42.0 Å². The lowest BCUT2D eigenvalue weighted by molar-refractivity contribution is 0.202. The third kappa shape index (κ3) is 2.38. The molecule has 0 aromatic carbocycles. The maximum Gasteiger partial charge on any atom is 0.241 e. The second kappa shape index (κ2) is 5.42. The van der Waals surface area contributed by atoms with Crippen LogP contribution in [0, 0.1) is 0 Å². The Morgan fingerprint density at radius 3 is 2.61 bits per heavy atom. The molecule has 0 spiro atoms. The number of hydrogen-bond donors (Lipinski definition) is 1. The maximum atomic E-state index is 10.2. The highest BCUT2D eigenvalue weighted by Gasteiger charge is 2.20. The zero-order chi connectivity index (χ0) is 13.0. The highest BCUT2D eigenvalue weighted by molar-refractivity contribution is 5.29. The van der Waals surface area contributed by atoms with Gasteiger partial charge >= 0.3 is 0 Å². The van der Waals surface area contributed by atoms with Crippen LogP contribution in [0.5, 0.6) is 11.8 Å². The van der Waals surface area contributed by atoms with Gasteiger partial charge in [-0.25, -0.2) is 4.98 Å². The Bertz CT molecular complexity index is 519. The lowest BCUT2D eigenvalue weighted by Crippen LogP contribution is -2.08. The molecule has 1 atom stereocenters. The molecule has 0 radical (unpaired) electrons. The minimum atomic E-state index is -0.987. The Hall–Kier alpha value is -2.21. The van der Waals surface area contributed by atoms with Gasteiger partial charge in [0.2, 0.25) is 11.8 Å². The Labute approximate surface area is 104 Å². The summed E-state index contributed by atoms with van der Waals surface area (Å²) in [6.07, 6.45) is 2.03. The van der Waals surface area contributed by atoms with E-state index in [-0.39, 0.29) is 5.88 Å². The standard InChI is InChI=1S/C12H13N3O3/c1-17-9-7-14-10(12(15-9)18-2)11(16)8-5-3-4-6-13-8/h3-7,11,16H,1-2H3. The SMILES string of the molecule is COc1cnc(C(O)c2ccccn2)c(OC)n1. The number of rotatable bonds is 4.